The summed E-state index contributed by atoms with van der Waals surface area (Å²) in [4.78, 5) is 34.8. The minimum atomic E-state index is -4.97. The van der Waals surface area contributed by atoms with Gasteiger partial charge in [0.2, 0.25) is 0 Å². The Morgan fingerprint density at radius 3 is 2.53 bits per heavy atom. The summed E-state index contributed by atoms with van der Waals surface area (Å²) in [5, 5.41) is 10.5. The predicted octanol–water partition coefficient (Wildman–Crippen LogP) is 4.75. The first kappa shape index (κ1) is 26.1. The third kappa shape index (κ3) is 4.51. The molecule has 2 aromatic carbocycles. The minimum Gasteiger partial charge on any atom is -0.378 e. The number of aliphatic hydroxyl groups excluding tert-OH is 1. The Kier molecular flexibility index (Phi) is 6.41. The number of nitrogens with one attached hydrogen (secondary N) is 1. The molecule has 0 bridgehead atoms. The molecule has 2 aliphatic rings. The average Bonchev–Trinajstić information content (AvgIpc) is 3.69. The Balaban J connectivity index is 1.40. The SMILES string of the molecule is CC(C)c1cccc(C2(c3nc4c(c(=O)[nH]3)CN(C(=O)C(O)c3cccc(C(F)(F)F)c3F)CC4)CC2)c1. The number of hydrogen-bond donors (Lipinski definition) is 2. The van der Waals surface area contributed by atoms with Crippen LogP contribution in [0.25, 0.3) is 0 Å². The van der Waals surface area contributed by atoms with E-state index in [0.29, 0.717) is 23.5 Å². The number of nitrogens with zero attached hydrogens (tertiary/aromatic N) is 2. The van der Waals surface area contributed by atoms with Crippen LogP contribution >= 0.6 is 0 Å². The van der Waals surface area contributed by atoms with Crippen LogP contribution < -0.4 is 5.56 Å². The number of benzene rings is 2. The predicted molar refractivity (Wildman–Crippen MR) is 131 cm³/mol. The molecule has 200 valence electrons. The fourth-order valence-corrected chi connectivity index (χ4v) is 5.11. The number of aromatic amines is 1. The van der Waals surface area contributed by atoms with Gasteiger partial charge in [0.1, 0.15) is 11.6 Å². The normalized spacial score (nSPS) is 17.3. The van der Waals surface area contributed by atoms with E-state index >= 15 is 0 Å². The maximum atomic E-state index is 14.5. The molecule has 2 heterocycles. The fraction of sp³-hybridized carbons (Fsp3) is 0.393. The number of aromatic nitrogens is 2. The van der Waals surface area contributed by atoms with E-state index in [0.717, 1.165) is 35.4 Å². The highest BCUT2D eigenvalue weighted by atomic mass is 19.4. The summed E-state index contributed by atoms with van der Waals surface area (Å²) in [7, 11) is 0. The zero-order valence-electron chi connectivity index (χ0n) is 20.9. The Hall–Kier alpha value is -3.53. The van der Waals surface area contributed by atoms with E-state index in [1.165, 1.54) is 5.56 Å². The number of rotatable bonds is 5. The molecule has 1 aliphatic heterocycles. The zero-order valence-corrected chi connectivity index (χ0v) is 20.9. The van der Waals surface area contributed by atoms with Gasteiger partial charge < -0.3 is 15.0 Å². The van der Waals surface area contributed by atoms with E-state index in [-0.39, 0.29) is 30.5 Å². The molecular weight excluding hydrogens is 502 g/mol. The van der Waals surface area contributed by atoms with E-state index < -0.39 is 40.7 Å². The molecule has 3 aromatic rings. The van der Waals surface area contributed by atoms with Crippen LogP contribution in [0.5, 0.6) is 0 Å². The van der Waals surface area contributed by atoms with E-state index in [1.807, 2.05) is 12.1 Å². The summed E-state index contributed by atoms with van der Waals surface area (Å²) in [6, 6.07) is 10.7. The number of carbonyl (C=O) groups is 1. The second kappa shape index (κ2) is 9.34. The Labute approximate surface area is 216 Å². The number of carbonyl (C=O) groups excluding carboxylic acids is 1. The van der Waals surface area contributed by atoms with Gasteiger partial charge in [-0.25, -0.2) is 9.37 Å². The Morgan fingerprint density at radius 2 is 1.87 bits per heavy atom. The van der Waals surface area contributed by atoms with E-state index in [2.05, 4.69) is 31.0 Å². The second-order valence-electron chi connectivity index (χ2n) is 10.3. The van der Waals surface area contributed by atoms with Crippen LogP contribution in [-0.2, 0) is 29.4 Å². The lowest BCUT2D eigenvalue weighted by Gasteiger charge is -2.30. The van der Waals surface area contributed by atoms with E-state index in [9.17, 15) is 32.3 Å². The zero-order chi connectivity index (χ0) is 27.4. The number of amides is 1. The molecule has 1 unspecified atom stereocenters. The molecular formula is C28H27F4N3O3. The monoisotopic (exact) mass is 529 g/mol. The average molecular weight is 530 g/mol. The molecule has 1 fully saturated rings. The lowest BCUT2D eigenvalue weighted by molar-refractivity contribution is -0.143. The van der Waals surface area contributed by atoms with Crippen molar-refractivity contribution in [1.82, 2.24) is 14.9 Å². The van der Waals surface area contributed by atoms with Gasteiger partial charge in [-0.05, 0) is 36.0 Å². The Bertz CT molecular complexity index is 1460. The van der Waals surface area contributed by atoms with Gasteiger partial charge in [-0.3, -0.25) is 9.59 Å². The van der Waals surface area contributed by atoms with Crippen molar-refractivity contribution in [2.75, 3.05) is 6.54 Å². The van der Waals surface area contributed by atoms with Gasteiger partial charge in [0.15, 0.2) is 6.10 Å². The molecule has 10 heteroatoms. The molecule has 38 heavy (non-hydrogen) atoms. The molecule has 1 aliphatic carbocycles. The summed E-state index contributed by atoms with van der Waals surface area (Å²) in [5.41, 5.74) is -0.0402. The summed E-state index contributed by atoms with van der Waals surface area (Å²) in [6.07, 6.45) is -5.21. The fourth-order valence-electron chi connectivity index (χ4n) is 5.11. The first-order valence-corrected chi connectivity index (χ1v) is 12.5. The molecule has 5 rings (SSSR count). The van der Waals surface area contributed by atoms with Crippen molar-refractivity contribution in [2.24, 2.45) is 0 Å². The number of halogens is 4. The van der Waals surface area contributed by atoms with Crippen molar-refractivity contribution in [2.45, 2.75) is 63.3 Å². The molecule has 1 aromatic heterocycles. The molecule has 1 amide bonds. The minimum absolute atomic E-state index is 0.0786. The molecule has 2 N–H and O–H groups in total. The number of fused-ring (bicyclic) bond motifs is 1. The quantitative estimate of drug-likeness (QED) is 0.467. The van der Waals surface area contributed by atoms with E-state index in [4.69, 9.17) is 4.98 Å². The molecule has 0 radical (unpaired) electrons. The second-order valence-corrected chi connectivity index (χ2v) is 10.3. The summed E-state index contributed by atoms with van der Waals surface area (Å²) in [6.45, 7) is 4.12. The van der Waals surface area contributed by atoms with Gasteiger partial charge in [-0.1, -0.05) is 50.2 Å². The topological polar surface area (TPSA) is 86.3 Å². The maximum absolute atomic E-state index is 14.5. The van der Waals surface area contributed by atoms with Crippen molar-refractivity contribution < 1.29 is 27.5 Å². The Morgan fingerprint density at radius 1 is 1.16 bits per heavy atom. The first-order valence-electron chi connectivity index (χ1n) is 12.5. The van der Waals surface area contributed by atoms with Crippen LogP contribution in [0.4, 0.5) is 17.6 Å². The van der Waals surface area contributed by atoms with Crippen LogP contribution in [0.15, 0.2) is 47.3 Å². The van der Waals surface area contributed by atoms with Crippen LogP contribution in [0.1, 0.15) is 78.0 Å². The highest BCUT2D eigenvalue weighted by molar-refractivity contribution is 5.82. The lowest BCUT2D eigenvalue weighted by Crippen LogP contribution is -2.42. The van der Waals surface area contributed by atoms with Gasteiger partial charge in [-0.15, -0.1) is 0 Å². The van der Waals surface area contributed by atoms with Crippen LogP contribution in [0.3, 0.4) is 0 Å². The lowest BCUT2D eigenvalue weighted by atomic mass is 9.90. The number of H-pyrrole nitrogens is 1. The summed E-state index contributed by atoms with van der Waals surface area (Å²) in [5.74, 6) is -1.75. The van der Waals surface area contributed by atoms with Crippen molar-refractivity contribution in [1.29, 1.82) is 0 Å². The van der Waals surface area contributed by atoms with Crippen LogP contribution in [0, 0.1) is 5.82 Å². The molecule has 6 nitrogen and oxygen atoms in total. The van der Waals surface area contributed by atoms with Crippen LogP contribution in [-0.4, -0.2) is 32.4 Å². The number of hydrogen-bond acceptors (Lipinski definition) is 4. The van der Waals surface area contributed by atoms with Gasteiger partial charge in [0.25, 0.3) is 11.5 Å². The first-order chi connectivity index (χ1) is 17.9. The van der Waals surface area contributed by atoms with Crippen molar-refractivity contribution in [3.05, 3.63) is 98.0 Å². The summed E-state index contributed by atoms with van der Waals surface area (Å²) < 4.78 is 53.7. The van der Waals surface area contributed by atoms with Crippen molar-refractivity contribution in [3.8, 4) is 0 Å². The third-order valence-electron chi connectivity index (χ3n) is 7.55. The molecule has 0 saturated heterocycles. The molecule has 1 saturated carbocycles. The van der Waals surface area contributed by atoms with Gasteiger partial charge in [0, 0.05) is 18.5 Å². The number of aliphatic hydroxyl groups is 1. The van der Waals surface area contributed by atoms with Crippen molar-refractivity contribution >= 4 is 5.91 Å². The molecule has 0 spiro atoms. The standard InChI is InChI=1S/C28H27F4N3O3/c1-15(2)16-5-3-6-17(13-16)27(10-11-27)26-33-21-9-12-35(14-19(21)24(37)34-26)25(38)23(36)18-7-4-8-20(22(18)29)28(30,31)32/h3-8,13,15,23,36H,9-12,14H2,1-2H3,(H,33,34,37). The smallest absolute Gasteiger partial charge is 0.378 e. The highest BCUT2D eigenvalue weighted by Crippen LogP contribution is 2.52. The highest BCUT2D eigenvalue weighted by Gasteiger charge is 2.49. The third-order valence-corrected chi connectivity index (χ3v) is 7.55. The van der Waals surface area contributed by atoms with Gasteiger partial charge in [-0.2, -0.15) is 13.2 Å². The van der Waals surface area contributed by atoms with Crippen molar-refractivity contribution in [3.63, 3.8) is 0 Å². The van der Waals surface area contributed by atoms with Crippen LogP contribution in [0.2, 0.25) is 0 Å². The number of alkyl halides is 3. The van der Waals surface area contributed by atoms with Gasteiger partial charge in [0.05, 0.1) is 28.8 Å². The summed E-state index contributed by atoms with van der Waals surface area (Å²) >= 11 is 0. The van der Waals surface area contributed by atoms with Gasteiger partial charge >= 0.3 is 6.18 Å². The maximum Gasteiger partial charge on any atom is 0.419 e. The largest absolute Gasteiger partial charge is 0.419 e. The van der Waals surface area contributed by atoms with E-state index in [1.54, 1.807) is 0 Å². The molecule has 1 atom stereocenters.